The average molecular weight is 286 g/mol. The van der Waals surface area contributed by atoms with Gasteiger partial charge >= 0.3 is 0 Å². The average Bonchev–Trinajstić information content (AvgIpc) is 2.46. The third kappa shape index (κ3) is 2.36. The van der Waals surface area contributed by atoms with Gasteiger partial charge in [0.25, 0.3) is 0 Å². The van der Waals surface area contributed by atoms with E-state index in [1.165, 1.54) is 37.7 Å². The molecule has 1 aromatic heterocycles. The summed E-state index contributed by atoms with van der Waals surface area (Å²) in [6.07, 6.45) is 10.9. The lowest BCUT2D eigenvalue weighted by molar-refractivity contribution is -0.0472. The van der Waals surface area contributed by atoms with Crippen molar-refractivity contribution in [2.24, 2.45) is 35.3 Å². The number of rotatable bonds is 4. The van der Waals surface area contributed by atoms with Crippen LogP contribution in [0, 0.1) is 29.6 Å². The first-order chi connectivity index (χ1) is 10.2. The Bertz CT molecular complexity index is 488. The Morgan fingerprint density at radius 3 is 2.43 bits per heavy atom. The van der Waals surface area contributed by atoms with Gasteiger partial charge in [-0.25, -0.2) is 0 Å². The van der Waals surface area contributed by atoms with E-state index in [1.807, 2.05) is 13.1 Å². The maximum Gasteiger partial charge on any atom is 0.137 e. The van der Waals surface area contributed by atoms with E-state index in [4.69, 9.17) is 10.5 Å². The van der Waals surface area contributed by atoms with Crippen molar-refractivity contribution in [3.8, 4) is 5.75 Å². The van der Waals surface area contributed by atoms with Crippen molar-refractivity contribution in [1.82, 2.24) is 4.98 Å². The molecule has 21 heavy (non-hydrogen) atoms. The van der Waals surface area contributed by atoms with Gasteiger partial charge in [-0.05, 0) is 80.2 Å². The standard InChI is InChI=1S/C18H26N2O/c1-2-21-16-8-15(9-20-10-16)18(19)17-13-4-11-3-12(6-13)7-14(17)5-11/h8-14,17-18H,2-7,19H2,1H3. The molecule has 4 aliphatic carbocycles. The van der Waals surface area contributed by atoms with Gasteiger partial charge < -0.3 is 10.5 Å². The summed E-state index contributed by atoms with van der Waals surface area (Å²) >= 11 is 0. The lowest BCUT2D eigenvalue weighted by Gasteiger charge is -2.56. The van der Waals surface area contributed by atoms with E-state index >= 15 is 0 Å². The molecule has 4 aliphatic rings. The summed E-state index contributed by atoms with van der Waals surface area (Å²) in [5.74, 6) is 5.23. The highest BCUT2D eigenvalue weighted by molar-refractivity contribution is 5.27. The van der Waals surface area contributed by atoms with Crippen molar-refractivity contribution >= 4 is 0 Å². The SMILES string of the molecule is CCOc1cncc(C(N)C2C3CC4CC(C3)CC2C4)c1. The van der Waals surface area contributed by atoms with Crippen molar-refractivity contribution in [2.45, 2.75) is 45.1 Å². The number of pyridine rings is 1. The van der Waals surface area contributed by atoms with Crippen molar-refractivity contribution in [1.29, 1.82) is 0 Å². The number of nitrogens with two attached hydrogens (primary N) is 1. The lowest BCUT2D eigenvalue weighted by atomic mass is 9.50. The molecule has 5 rings (SSSR count). The minimum atomic E-state index is 0.132. The predicted molar refractivity (Wildman–Crippen MR) is 82.9 cm³/mol. The van der Waals surface area contributed by atoms with E-state index in [0.29, 0.717) is 12.5 Å². The summed E-state index contributed by atoms with van der Waals surface area (Å²) in [5, 5.41) is 0. The summed E-state index contributed by atoms with van der Waals surface area (Å²) in [5.41, 5.74) is 7.85. The molecule has 1 atom stereocenters. The lowest BCUT2D eigenvalue weighted by Crippen LogP contribution is -2.48. The van der Waals surface area contributed by atoms with Crippen molar-refractivity contribution in [3.05, 3.63) is 24.0 Å². The number of hydrogen-bond donors (Lipinski definition) is 1. The van der Waals surface area contributed by atoms with Gasteiger partial charge in [-0.15, -0.1) is 0 Å². The van der Waals surface area contributed by atoms with Crippen LogP contribution < -0.4 is 10.5 Å². The Morgan fingerprint density at radius 2 is 1.81 bits per heavy atom. The molecule has 1 aromatic rings. The zero-order valence-corrected chi connectivity index (χ0v) is 12.9. The first kappa shape index (κ1) is 13.6. The second-order valence-electron chi connectivity index (χ2n) is 7.42. The molecule has 3 nitrogen and oxygen atoms in total. The minimum absolute atomic E-state index is 0.132. The van der Waals surface area contributed by atoms with E-state index in [2.05, 4.69) is 11.1 Å². The molecule has 4 fully saturated rings. The van der Waals surface area contributed by atoms with Gasteiger partial charge in [0.05, 0.1) is 12.8 Å². The van der Waals surface area contributed by atoms with Gasteiger partial charge in [0.2, 0.25) is 0 Å². The van der Waals surface area contributed by atoms with Crippen molar-refractivity contribution in [2.75, 3.05) is 6.61 Å². The fourth-order valence-corrected chi connectivity index (χ4v) is 5.64. The number of nitrogens with zero attached hydrogens (tertiary/aromatic N) is 1. The zero-order valence-electron chi connectivity index (χ0n) is 12.9. The van der Waals surface area contributed by atoms with Crippen LogP contribution >= 0.6 is 0 Å². The van der Waals surface area contributed by atoms with E-state index in [9.17, 15) is 0 Å². The van der Waals surface area contributed by atoms with Crippen LogP contribution in [0.1, 0.15) is 50.6 Å². The van der Waals surface area contributed by atoms with Crippen LogP contribution in [0.4, 0.5) is 0 Å². The zero-order chi connectivity index (χ0) is 14.4. The van der Waals surface area contributed by atoms with E-state index in [-0.39, 0.29) is 6.04 Å². The van der Waals surface area contributed by atoms with Crippen LogP contribution in [-0.4, -0.2) is 11.6 Å². The molecule has 2 N–H and O–H groups in total. The van der Waals surface area contributed by atoms with Crippen LogP contribution in [0.5, 0.6) is 5.75 Å². The Kier molecular flexibility index (Phi) is 3.41. The quantitative estimate of drug-likeness (QED) is 0.920. The molecule has 0 aromatic carbocycles. The Hall–Kier alpha value is -1.09. The number of hydrogen-bond acceptors (Lipinski definition) is 3. The van der Waals surface area contributed by atoms with Gasteiger partial charge in [0.1, 0.15) is 5.75 Å². The Balaban J connectivity index is 1.57. The monoisotopic (exact) mass is 286 g/mol. The predicted octanol–water partition coefficient (Wildman–Crippen LogP) is 3.55. The molecule has 4 bridgehead atoms. The van der Waals surface area contributed by atoms with Crippen LogP contribution in [-0.2, 0) is 0 Å². The molecule has 0 saturated heterocycles. The van der Waals surface area contributed by atoms with E-state index in [0.717, 1.165) is 29.4 Å². The minimum Gasteiger partial charge on any atom is -0.492 e. The smallest absolute Gasteiger partial charge is 0.137 e. The third-order valence-electron chi connectivity index (χ3n) is 6.14. The van der Waals surface area contributed by atoms with Crippen molar-refractivity contribution in [3.63, 3.8) is 0 Å². The van der Waals surface area contributed by atoms with Crippen molar-refractivity contribution < 1.29 is 4.74 Å². The molecule has 1 heterocycles. The summed E-state index contributed by atoms with van der Waals surface area (Å²) in [4.78, 5) is 4.33. The highest BCUT2D eigenvalue weighted by Crippen LogP contribution is 2.58. The van der Waals surface area contributed by atoms with Crippen LogP contribution in [0.2, 0.25) is 0 Å². The molecule has 0 radical (unpaired) electrons. The Morgan fingerprint density at radius 1 is 1.14 bits per heavy atom. The molecule has 0 spiro atoms. The Labute approximate surface area is 127 Å². The van der Waals surface area contributed by atoms with Crippen LogP contribution in [0.3, 0.4) is 0 Å². The first-order valence-corrected chi connectivity index (χ1v) is 8.58. The maximum absolute atomic E-state index is 6.69. The maximum atomic E-state index is 6.69. The van der Waals surface area contributed by atoms with Gasteiger partial charge in [0, 0.05) is 12.2 Å². The topological polar surface area (TPSA) is 48.1 Å². The van der Waals surface area contributed by atoms with Gasteiger partial charge in [-0.3, -0.25) is 4.98 Å². The highest BCUT2D eigenvalue weighted by Gasteiger charge is 2.50. The highest BCUT2D eigenvalue weighted by atomic mass is 16.5. The number of ether oxygens (including phenoxy) is 1. The summed E-state index contributed by atoms with van der Waals surface area (Å²) in [7, 11) is 0. The normalized spacial score (nSPS) is 38.5. The first-order valence-electron chi connectivity index (χ1n) is 8.58. The second-order valence-corrected chi connectivity index (χ2v) is 7.42. The molecule has 4 saturated carbocycles. The summed E-state index contributed by atoms with van der Waals surface area (Å²) in [6.45, 7) is 2.68. The molecule has 1 unspecified atom stereocenters. The van der Waals surface area contributed by atoms with Gasteiger partial charge in [-0.2, -0.15) is 0 Å². The van der Waals surface area contributed by atoms with E-state index in [1.54, 1.807) is 6.20 Å². The molecule has 0 amide bonds. The van der Waals surface area contributed by atoms with Gasteiger partial charge in [0.15, 0.2) is 0 Å². The molecule has 0 aliphatic heterocycles. The summed E-state index contributed by atoms with van der Waals surface area (Å²) in [6, 6.07) is 2.24. The van der Waals surface area contributed by atoms with Crippen LogP contribution in [0.15, 0.2) is 18.5 Å². The molecular formula is C18H26N2O. The third-order valence-corrected chi connectivity index (χ3v) is 6.14. The molecule has 3 heteroatoms. The molecule has 114 valence electrons. The number of aromatic nitrogens is 1. The fraction of sp³-hybridized carbons (Fsp3) is 0.722. The van der Waals surface area contributed by atoms with Gasteiger partial charge in [-0.1, -0.05) is 0 Å². The second kappa shape index (κ2) is 5.28. The van der Waals surface area contributed by atoms with Crippen LogP contribution in [0.25, 0.3) is 0 Å². The fourth-order valence-electron chi connectivity index (χ4n) is 5.64. The summed E-state index contributed by atoms with van der Waals surface area (Å²) < 4.78 is 5.58. The largest absolute Gasteiger partial charge is 0.492 e. The molecular weight excluding hydrogens is 260 g/mol. The van der Waals surface area contributed by atoms with E-state index < -0.39 is 0 Å².